The molecule has 9 atom stereocenters. The Kier molecular flexibility index (Phi) is 25.7. The lowest BCUT2D eigenvalue weighted by Gasteiger charge is -2.46. The third kappa shape index (κ3) is 19.7. The van der Waals surface area contributed by atoms with Crippen LogP contribution in [0.3, 0.4) is 0 Å². The molecular formula is C49H58F13N3O21. The van der Waals surface area contributed by atoms with Crippen molar-refractivity contribution in [3.63, 3.8) is 0 Å². The lowest BCUT2D eigenvalue weighted by molar-refractivity contribution is -0.533. The van der Waals surface area contributed by atoms with Crippen molar-refractivity contribution < 1.29 is 157 Å². The molecule has 37 heteroatoms. The van der Waals surface area contributed by atoms with Gasteiger partial charge in [-0.1, -0.05) is 12.1 Å². The van der Waals surface area contributed by atoms with Crippen LogP contribution in [0, 0.1) is 5.21 Å². The van der Waals surface area contributed by atoms with Gasteiger partial charge in [0.15, 0.2) is 48.6 Å². The molecule has 0 aliphatic carbocycles. The summed E-state index contributed by atoms with van der Waals surface area (Å²) in [5.74, 6) is -50.3. The van der Waals surface area contributed by atoms with Crippen LogP contribution in [0.1, 0.15) is 93.2 Å². The van der Waals surface area contributed by atoms with Crippen LogP contribution in [0.25, 0.3) is 0 Å². The van der Waals surface area contributed by atoms with Gasteiger partial charge in [-0.25, -0.2) is 4.74 Å². The molecule has 0 saturated carbocycles. The van der Waals surface area contributed by atoms with Gasteiger partial charge in [-0.3, -0.25) is 47.9 Å². The van der Waals surface area contributed by atoms with E-state index in [1.165, 1.54) is 24.3 Å². The molecule has 1 aliphatic rings. The summed E-state index contributed by atoms with van der Waals surface area (Å²) in [6.07, 6.45) is -30.3. The van der Waals surface area contributed by atoms with E-state index in [9.17, 15) is 110 Å². The summed E-state index contributed by atoms with van der Waals surface area (Å²) < 4.78 is 230. The summed E-state index contributed by atoms with van der Waals surface area (Å²) in [6.45, 7) is 5.81. The number of amides is 2. The Labute approximate surface area is 478 Å². The number of carbonyl (C=O) groups excluding carboxylic acids is 10. The van der Waals surface area contributed by atoms with Gasteiger partial charge < -0.3 is 63.2 Å². The third-order valence-electron chi connectivity index (χ3n) is 11.5. The molecule has 0 radical (unpaired) electrons. The van der Waals surface area contributed by atoms with Gasteiger partial charge in [-0.15, -0.1) is 0 Å². The van der Waals surface area contributed by atoms with E-state index in [1.54, 1.807) is 5.32 Å². The molecule has 1 fully saturated rings. The fourth-order valence-corrected chi connectivity index (χ4v) is 7.41. The molecule has 0 spiro atoms. The molecule has 24 nitrogen and oxygen atoms in total. The van der Waals surface area contributed by atoms with Crippen LogP contribution in [-0.2, 0) is 102 Å². The van der Waals surface area contributed by atoms with Gasteiger partial charge in [-0.2, -0.15) is 57.1 Å². The van der Waals surface area contributed by atoms with Gasteiger partial charge in [0, 0.05) is 94.2 Å². The minimum absolute atomic E-state index is 0.0179. The molecule has 1 aliphatic heterocycles. The summed E-state index contributed by atoms with van der Waals surface area (Å²) >= 11 is 0. The van der Waals surface area contributed by atoms with E-state index < -0.39 is 195 Å². The highest BCUT2D eigenvalue weighted by atomic mass is 19.4. The Balaban J connectivity index is 2.55. The second kappa shape index (κ2) is 29.7. The fourth-order valence-electron chi connectivity index (χ4n) is 7.41. The molecular weight excluding hydrogens is 1210 g/mol. The number of esters is 8. The van der Waals surface area contributed by atoms with Crippen molar-refractivity contribution in [2.75, 3.05) is 19.8 Å². The molecule has 486 valence electrons. The maximum Gasteiger partial charge on any atom is 0.460 e. The van der Waals surface area contributed by atoms with Crippen LogP contribution >= 0.6 is 0 Å². The Hall–Kier alpha value is -7.60. The van der Waals surface area contributed by atoms with Crippen LogP contribution in [-0.4, -0.2) is 187 Å². The largest absolute Gasteiger partial charge is 0.623 e. The fraction of sp³-hybridized carbons (Fsp3) is 0.653. The number of hydrogen-bond donors (Lipinski definition) is 2. The maximum atomic E-state index is 14.3. The van der Waals surface area contributed by atoms with Crippen molar-refractivity contribution in [1.82, 2.24) is 10.6 Å². The smallest absolute Gasteiger partial charge is 0.460 e. The minimum atomic E-state index is -8.13. The average Bonchev–Trinajstić information content (AvgIpc) is 0.733. The second-order valence-electron chi connectivity index (χ2n) is 19.2. The summed E-state index contributed by atoms with van der Waals surface area (Å²) in [6, 6.07) is 4.94. The lowest BCUT2D eigenvalue weighted by Crippen LogP contribution is -2.70. The minimum Gasteiger partial charge on any atom is -0.623 e. The average molecular weight is 1270 g/mol. The van der Waals surface area contributed by atoms with Crippen molar-refractivity contribution in [2.24, 2.45) is 0 Å². The normalized spacial score (nSPS) is 19.4. The summed E-state index contributed by atoms with van der Waals surface area (Å²) in [5.41, 5.74) is -1.66. The first-order valence-corrected chi connectivity index (χ1v) is 24.6. The monoisotopic (exact) mass is 1270 g/mol. The van der Waals surface area contributed by atoms with Crippen molar-refractivity contribution in [1.29, 1.82) is 0 Å². The molecule has 4 unspecified atom stereocenters. The molecule has 0 aromatic heterocycles. The predicted octanol–water partition coefficient (Wildman–Crippen LogP) is 4.47. The van der Waals surface area contributed by atoms with E-state index in [0.29, 0.717) is 0 Å². The summed E-state index contributed by atoms with van der Waals surface area (Å²) in [4.78, 5) is 127. The number of hydrogen-bond acceptors (Lipinski definition) is 21. The van der Waals surface area contributed by atoms with Crippen molar-refractivity contribution in [3.8, 4) is 0 Å². The predicted molar refractivity (Wildman–Crippen MR) is 254 cm³/mol. The topological polar surface area (TPSA) is 313 Å². The number of nitrogens with zero attached hydrogens (tertiary/aromatic N) is 1. The summed E-state index contributed by atoms with van der Waals surface area (Å²) in [7, 11) is 0. The molecule has 1 heterocycles. The molecule has 1 aromatic carbocycles. The zero-order chi connectivity index (χ0) is 66.5. The number of benzene rings is 1. The Morgan fingerprint density at radius 1 is 0.593 bits per heavy atom. The Morgan fingerprint density at radius 3 is 1.56 bits per heavy atom. The zero-order valence-corrected chi connectivity index (χ0v) is 46.8. The maximum absolute atomic E-state index is 14.3. The lowest BCUT2D eigenvalue weighted by atomic mass is 9.92. The SMILES string of the molecule is CC(=O)OCC(OC(C)=O)[C@@H](O[C@@H]1OC(COC(C)=O)[C@H](OC(C)=O)[C@H](OC(C)=O)C1OC(C)=O)[C@@H](OC(C)=O)C(OC(C)=O)C(=O)NCc1ccc(/C=[N+](\[O-])C(C)(C)CNC(=O)CCC(F)(F)C(F)(F)C(F)(F)C(F)(F)C(F)(F)C(F)(F)F)cc1. The number of nitrogens with one attached hydrogen (secondary N) is 2. The van der Waals surface area contributed by atoms with E-state index in [0.717, 1.165) is 75.5 Å². The Bertz CT molecular complexity index is 2660. The number of carbonyl (C=O) groups is 10. The number of alkyl halides is 13. The molecule has 1 aromatic rings. The number of ether oxygens (including phenoxy) is 10. The summed E-state index contributed by atoms with van der Waals surface area (Å²) in [5, 5.41) is 17.3. The van der Waals surface area contributed by atoms with Crippen LogP contribution in [0.4, 0.5) is 57.1 Å². The molecule has 2 rings (SSSR count). The first-order valence-electron chi connectivity index (χ1n) is 24.6. The number of rotatable bonds is 29. The van der Waals surface area contributed by atoms with Gasteiger partial charge >= 0.3 is 83.5 Å². The van der Waals surface area contributed by atoms with E-state index >= 15 is 0 Å². The van der Waals surface area contributed by atoms with Gasteiger partial charge in [0.2, 0.25) is 12.0 Å². The number of hydroxylamine groups is 1. The third-order valence-corrected chi connectivity index (χ3v) is 11.5. The van der Waals surface area contributed by atoms with Crippen LogP contribution in [0.5, 0.6) is 0 Å². The van der Waals surface area contributed by atoms with E-state index in [2.05, 4.69) is 5.32 Å². The standard InChI is InChI=1S/C49H58F13N3O21/c1-22(66)77-19-32(79-24(3)68)36(86-42-40(84-29(8)73)38(82-27(6)71)35(80-25(4)69)33(85-42)20-78-23(2)67)37(81-26(5)70)39(83-28(7)72)41(75)63-17-30-11-13-31(14-12-30)18-65(76)43(9,10)21-64-34(74)15-16-44(50,51)45(52,53)46(54,55)47(56,57)48(58,59)49(60,61)62/h11-14,18,32-33,35-40,42H,15-17,19-21H2,1-10H3,(H,63,75)(H,64,74)/b65-18-/t32?,33?,35-,36+,37+,38-,39?,40?,42-/m0/s1. The molecule has 2 amide bonds. The van der Waals surface area contributed by atoms with E-state index in [-0.39, 0.29) is 15.9 Å². The quantitative estimate of drug-likeness (QED) is 0.0212. The van der Waals surface area contributed by atoms with Gasteiger partial charge in [-0.05, 0) is 17.7 Å². The molecule has 2 N–H and O–H groups in total. The van der Waals surface area contributed by atoms with Crippen LogP contribution in [0.2, 0.25) is 0 Å². The second-order valence-corrected chi connectivity index (χ2v) is 19.2. The van der Waals surface area contributed by atoms with Crippen LogP contribution < -0.4 is 10.6 Å². The molecule has 86 heavy (non-hydrogen) atoms. The number of halogens is 13. The highest BCUT2D eigenvalue weighted by Crippen LogP contribution is 2.61. The Morgan fingerprint density at radius 2 is 1.08 bits per heavy atom. The van der Waals surface area contributed by atoms with Crippen molar-refractivity contribution in [2.45, 2.75) is 185 Å². The van der Waals surface area contributed by atoms with E-state index in [4.69, 9.17) is 47.4 Å². The van der Waals surface area contributed by atoms with Gasteiger partial charge in [0.25, 0.3) is 5.91 Å². The van der Waals surface area contributed by atoms with Crippen molar-refractivity contribution in [3.05, 3.63) is 40.6 Å². The highest BCUT2D eigenvalue weighted by molar-refractivity contribution is 5.85. The highest BCUT2D eigenvalue weighted by Gasteiger charge is 2.90. The van der Waals surface area contributed by atoms with E-state index in [1.807, 2.05) is 0 Å². The first kappa shape index (κ1) is 74.5. The van der Waals surface area contributed by atoms with Gasteiger partial charge in [0.1, 0.15) is 25.4 Å². The van der Waals surface area contributed by atoms with Crippen molar-refractivity contribution >= 4 is 65.8 Å². The van der Waals surface area contributed by atoms with Crippen LogP contribution in [0.15, 0.2) is 24.3 Å². The molecule has 1 saturated heterocycles. The molecule has 0 bridgehead atoms. The zero-order valence-electron chi connectivity index (χ0n) is 46.8. The van der Waals surface area contributed by atoms with Gasteiger partial charge in [0.05, 0.1) is 6.54 Å². The first-order chi connectivity index (χ1) is 39.1.